The number of benzene rings is 1. The fourth-order valence-electron chi connectivity index (χ4n) is 0.889. The molecule has 0 aromatic heterocycles. The molecule has 0 amide bonds. The van der Waals surface area contributed by atoms with E-state index in [0.717, 1.165) is 0 Å². The molecule has 0 fully saturated rings. The summed E-state index contributed by atoms with van der Waals surface area (Å²) in [5.74, 6) is 0. The Morgan fingerprint density at radius 2 is 1.92 bits per heavy atom. The van der Waals surface area contributed by atoms with Gasteiger partial charge in [0.25, 0.3) is 0 Å². The minimum atomic E-state index is -4.39. The van der Waals surface area contributed by atoms with Crippen molar-refractivity contribution in [3.05, 3.63) is 34.3 Å². The van der Waals surface area contributed by atoms with Gasteiger partial charge in [-0.05, 0) is 17.7 Å². The fourth-order valence-corrected chi connectivity index (χ4v) is 1.31. The zero-order valence-corrected chi connectivity index (χ0v) is 8.06. The smallest absolute Gasteiger partial charge is 0.316 e. The van der Waals surface area contributed by atoms with E-state index in [1.807, 2.05) is 0 Å². The normalized spacial score (nSPS) is 14.2. The van der Waals surface area contributed by atoms with Crippen LogP contribution in [0.15, 0.2) is 28.7 Å². The Hall–Kier alpha value is -0.550. The van der Waals surface area contributed by atoms with E-state index in [9.17, 15) is 13.2 Å². The first-order valence-electron chi connectivity index (χ1n) is 3.49. The minimum absolute atomic E-state index is 0.0573. The van der Waals surface area contributed by atoms with E-state index in [0.29, 0.717) is 4.47 Å². The molecule has 1 aromatic rings. The molecule has 0 bridgehead atoms. The van der Waals surface area contributed by atoms with Gasteiger partial charge in [-0.3, -0.25) is 0 Å². The molecule has 0 heterocycles. The monoisotopic (exact) mass is 253 g/mol. The summed E-state index contributed by atoms with van der Waals surface area (Å²) in [6, 6.07) is 3.96. The van der Waals surface area contributed by atoms with Gasteiger partial charge in [-0.15, -0.1) is 0 Å². The molecular weight excluding hydrogens is 247 g/mol. The van der Waals surface area contributed by atoms with Crippen molar-refractivity contribution in [2.75, 3.05) is 0 Å². The van der Waals surface area contributed by atoms with Crippen LogP contribution in [0.1, 0.15) is 11.6 Å². The third-order valence-electron chi connectivity index (χ3n) is 1.56. The van der Waals surface area contributed by atoms with Crippen molar-refractivity contribution < 1.29 is 13.2 Å². The molecule has 0 saturated heterocycles. The van der Waals surface area contributed by atoms with Crippen LogP contribution in [0.4, 0.5) is 13.2 Å². The van der Waals surface area contributed by atoms with Crippen LogP contribution in [0.25, 0.3) is 0 Å². The van der Waals surface area contributed by atoms with Crippen LogP contribution < -0.4 is 5.73 Å². The second-order valence-electron chi connectivity index (χ2n) is 2.57. The number of halogens is 4. The fraction of sp³-hybridized carbons (Fsp3) is 0.250. The van der Waals surface area contributed by atoms with Gasteiger partial charge in [0, 0.05) is 4.47 Å². The van der Waals surface area contributed by atoms with E-state index in [1.165, 1.54) is 18.2 Å². The van der Waals surface area contributed by atoms with Gasteiger partial charge in [0.2, 0.25) is 0 Å². The van der Waals surface area contributed by atoms with Gasteiger partial charge in [-0.2, -0.15) is 13.2 Å². The molecule has 1 aromatic carbocycles. The molecule has 1 rings (SSSR count). The number of rotatable bonds is 1. The van der Waals surface area contributed by atoms with E-state index < -0.39 is 12.2 Å². The van der Waals surface area contributed by atoms with Gasteiger partial charge < -0.3 is 5.73 Å². The maximum atomic E-state index is 12.1. The highest BCUT2D eigenvalue weighted by Crippen LogP contribution is 2.31. The van der Waals surface area contributed by atoms with Crippen molar-refractivity contribution in [3.63, 3.8) is 0 Å². The summed E-state index contributed by atoms with van der Waals surface area (Å²) in [5.41, 5.74) is 5.05. The predicted octanol–water partition coefficient (Wildman–Crippen LogP) is 3.01. The van der Waals surface area contributed by atoms with Crippen LogP contribution in [0.3, 0.4) is 0 Å². The molecule has 0 saturated carbocycles. The lowest BCUT2D eigenvalue weighted by molar-refractivity contribution is -0.149. The number of nitrogens with two attached hydrogens (primary N) is 1. The quantitative estimate of drug-likeness (QED) is 0.819. The third-order valence-corrected chi connectivity index (χ3v) is 2.05. The average molecular weight is 254 g/mol. The molecule has 1 unspecified atom stereocenters. The Morgan fingerprint density at radius 1 is 1.31 bits per heavy atom. The Morgan fingerprint density at radius 3 is 2.38 bits per heavy atom. The van der Waals surface area contributed by atoms with Crippen LogP contribution in [0.5, 0.6) is 0 Å². The lowest BCUT2D eigenvalue weighted by Gasteiger charge is -2.15. The standard InChI is InChI=1S/C8H7BrF3N/c9-6-3-1-2-5(4-6)7(13)8(10,11)12/h1-4,7H,13H2. The second kappa shape index (κ2) is 3.67. The van der Waals surface area contributed by atoms with E-state index in [4.69, 9.17) is 5.73 Å². The van der Waals surface area contributed by atoms with Crippen molar-refractivity contribution in [1.29, 1.82) is 0 Å². The lowest BCUT2D eigenvalue weighted by Crippen LogP contribution is -2.28. The molecule has 0 aliphatic heterocycles. The highest BCUT2D eigenvalue weighted by atomic mass is 79.9. The number of hydrogen-bond acceptors (Lipinski definition) is 1. The number of hydrogen-bond donors (Lipinski definition) is 1. The average Bonchev–Trinajstić information content (AvgIpc) is 2.01. The van der Waals surface area contributed by atoms with Crippen LogP contribution in [-0.2, 0) is 0 Å². The van der Waals surface area contributed by atoms with E-state index in [-0.39, 0.29) is 5.56 Å². The zero-order valence-electron chi connectivity index (χ0n) is 6.48. The molecule has 0 radical (unpaired) electrons. The van der Waals surface area contributed by atoms with E-state index >= 15 is 0 Å². The Balaban J connectivity index is 2.96. The molecule has 5 heteroatoms. The minimum Gasteiger partial charge on any atom is -0.316 e. The summed E-state index contributed by atoms with van der Waals surface area (Å²) in [5, 5.41) is 0. The first kappa shape index (κ1) is 10.5. The van der Waals surface area contributed by atoms with Crippen molar-refractivity contribution in [2.24, 2.45) is 5.73 Å². The number of alkyl halides is 3. The van der Waals surface area contributed by atoms with Crippen LogP contribution >= 0.6 is 15.9 Å². The van der Waals surface area contributed by atoms with Gasteiger partial charge >= 0.3 is 6.18 Å². The molecule has 1 atom stereocenters. The second-order valence-corrected chi connectivity index (χ2v) is 3.49. The molecule has 0 aliphatic rings. The Labute approximate surface area is 81.9 Å². The van der Waals surface area contributed by atoms with Crippen LogP contribution in [0.2, 0.25) is 0 Å². The van der Waals surface area contributed by atoms with Gasteiger partial charge in [0.05, 0.1) is 0 Å². The molecule has 1 nitrogen and oxygen atoms in total. The molecule has 13 heavy (non-hydrogen) atoms. The molecule has 0 aliphatic carbocycles. The van der Waals surface area contributed by atoms with E-state index in [1.54, 1.807) is 6.07 Å². The SMILES string of the molecule is NC(c1cccc(Br)c1)C(F)(F)F. The van der Waals surface area contributed by atoms with Gasteiger partial charge in [0.1, 0.15) is 6.04 Å². The summed E-state index contributed by atoms with van der Waals surface area (Å²) < 4.78 is 37.0. The highest BCUT2D eigenvalue weighted by molar-refractivity contribution is 9.10. The largest absolute Gasteiger partial charge is 0.407 e. The van der Waals surface area contributed by atoms with Crippen molar-refractivity contribution in [1.82, 2.24) is 0 Å². The van der Waals surface area contributed by atoms with E-state index in [2.05, 4.69) is 15.9 Å². The third kappa shape index (κ3) is 2.70. The molecular formula is C8H7BrF3N. The summed E-state index contributed by atoms with van der Waals surface area (Å²) in [7, 11) is 0. The van der Waals surface area contributed by atoms with Gasteiger partial charge in [0.15, 0.2) is 0 Å². The van der Waals surface area contributed by atoms with Crippen LogP contribution in [-0.4, -0.2) is 6.18 Å². The van der Waals surface area contributed by atoms with Crippen molar-refractivity contribution >= 4 is 15.9 Å². The predicted molar refractivity (Wildman–Crippen MR) is 47.1 cm³/mol. The summed E-state index contributed by atoms with van der Waals surface area (Å²) in [4.78, 5) is 0. The summed E-state index contributed by atoms with van der Waals surface area (Å²) >= 11 is 3.07. The topological polar surface area (TPSA) is 26.0 Å². The lowest BCUT2D eigenvalue weighted by atomic mass is 10.1. The summed E-state index contributed by atoms with van der Waals surface area (Å²) in [6.45, 7) is 0. The van der Waals surface area contributed by atoms with Gasteiger partial charge in [-0.1, -0.05) is 28.1 Å². The Kier molecular flexibility index (Phi) is 2.98. The van der Waals surface area contributed by atoms with Crippen LogP contribution in [0, 0.1) is 0 Å². The zero-order chi connectivity index (χ0) is 10.1. The molecule has 72 valence electrons. The maximum Gasteiger partial charge on any atom is 0.407 e. The van der Waals surface area contributed by atoms with Crippen molar-refractivity contribution in [2.45, 2.75) is 12.2 Å². The van der Waals surface area contributed by atoms with Gasteiger partial charge in [-0.25, -0.2) is 0 Å². The highest BCUT2D eigenvalue weighted by Gasteiger charge is 2.37. The molecule has 2 N–H and O–H groups in total. The molecule has 0 spiro atoms. The first-order chi connectivity index (χ1) is 5.91. The summed E-state index contributed by atoms with van der Waals surface area (Å²) in [6.07, 6.45) is -4.39. The van der Waals surface area contributed by atoms with Crippen molar-refractivity contribution in [3.8, 4) is 0 Å². The Bertz CT molecular complexity index is 298. The maximum absolute atomic E-state index is 12.1. The first-order valence-corrected chi connectivity index (χ1v) is 4.28.